The van der Waals surface area contributed by atoms with Crippen molar-refractivity contribution in [1.29, 1.82) is 0 Å². The van der Waals surface area contributed by atoms with Crippen LogP contribution in [0.3, 0.4) is 0 Å². The molecular weight excluding hydrogens is 236 g/mol. The molecule has 17 heavy (non-hydrogen) atoms. The first-order chi connectivity index (χ1) is 8.19. The Balaban J connectivity index is 2.68. The highest BCUT2D eigenvalue weighted by atomic mass is 35.5. The number of pyridine rings is 1. The molecule has 1 aromatic heterocycles. The Morgan fingerprint density at radius 1 is 1.41 bits per heavy atom. The second-order valence-corrected chi connectivity index (χ2v) is 4.43. The fourth-order valence-electron chi connectivity index (χ4n) is 1.76. The molecule has 0 spiro atoms. The normalized spacial score (nSPS) is 10.9. The Morgan fingerprint density at radius 3 is 2.76 bits per heavy atom. The van der Waals surface area contributed by atoms with E-state index in [0.717, 1.165) is 43.2 Å². The molecule has 0 radical (unpaired) electrons. The molecule has 0 bridgehead atoms. The van der Waals surface area contributed by atoms with Gasteiger partial charge in [0.25, 0.3) is 0 Å². The van der Waals surface area contributed by atoms with E-state index < -0.39 is 0 Å². The SMILES string of the molecule is CCN(CCCCl)Cc1cc(OC)cc(C)n1. The van der Waals surface area contributed by atoms with Crippen molar-refractivity contribution in [3.63, 3.8) is 0 Å². The van der Waals surface area contributed by atoms with Crippen molar-refractivity contribution in [3.8, 4) is 5.75 Å². The van der Waals surface area contributed by atoms with Crippen LogP contribution in [0.4, 0.5) is 0 Å². The van der Waals surface area contributed by atoms with Gasteiger partial charge in [0, 0.05) is 30.3 Å². The minimum atomic E-state index is 0.709. The lowest BCUT2D eigenvalue weighted by molar-refractivity contribution is 0.277. The number of alkyl halides is 1. The number of aromatic nitrogens is 1. The lowest BCUT2D eigenvalue weighted by Crippen LogP contribution is -2.25. The largest absolute Gasteiger partial charge is 0.497 e. The molecule has 0 aromatic carbocycles. The van der Waals surface area contributed by atoms with Crippen molar-refractivity contribution in [1.82, 2.24) is 9.88 Å². The molecule has 0 saturated carbocycles. The van der Waals surface area contributed by atoms with Gasteiger partial charge < -0.3 is 4.74 Å². The predicted molar refractivity (Wildman–Crippen MR) is 71.8 cm³/mol. The van der Waals surface area contributed by atoms with E-state index in [9.17, 15) is 0 Å². The average molecular weight is 257 g/mol. The Bertz CT molecular complexity index is 344. The van der Waals surface area contributed by atoms with Crippen LogP contribution in [0, 0.1) is 6.92 Å². The van der Waals surface area contributed by atoms with Crippen molar-refractivity contribution in [2.24, 2.45) is 0 Å². The third-order valence-corrected chi connectivity index (χ3v) is 2.92. The number of nitrogens with zero attached hydrogens (tertiary/aromatic N) is 2. The fourth-order valence-corrected chi connectivity index (χ4v) is 1.88. The summed E-state index contributed by atoms with van der Waals surface area (Å²) in [6, 6.07) is 3.94. The minimum Gasteiger partial charge on any atom is -0.497 e. The van der Waals surface area contributed by atoms with Gasteiger partial charge in [0.1, 0.15) is 5.75 Å². The average Bonchev–Trinajstić information content (AvgIpc) is 2.33. The number of halogens is 1. The van der Waals surface area contributed by atoms with E-state index in [2.05, 4.69) is 16.8 Å². The third-order valence-electron chi connectivity index (χ3n) is 2.66. The van der Waals surface area contributed by atoms with Crippen molar-refractivity contribution in [2.75, 3.05) is 26.1 Å². The number of hydrogen-bond acceptors (Lipinski definition) is 3. The van der Waals surface area contributed by atoms with Gasteiger partial charge in [-0.15, -0.1) is 11.6 Å². The summed E-state index contributed by atoms with van der Waals surface area (Å²) < 4.78 is 5.25. The summed E-state index contributed by atoms with van der Waals surface area (Å²) in [5, 5.41) is 0. The van der Waals surface area contributed by atoms with Gasteiger partial charge in [-0.25, -0.2) is 0 Å². The molecule has 1 heterocycles. The third kappa shape index (κ3) is 4.92. The number of rotatable bonds is 7. The highest BCUT2D eigenvalue weighted by molar-refractivity contribution is 6.17. The number of methoxy groups -OCH3 is 1. The summed E-state index contributed by atoms with van der Waals surface area (Å²) in [6.07, 6.45) is 1.01. The van der Waals surface area contributed by atoms with Gasteiger partial charge in [0.05, 0.1) is 12.8 Å². The van der Waals surface area contributed by atoms with Crippen LogP contribution in [0.1, 0.15) is 24.7 Å². The van der Waals surface area contributed by atoms with Gasteiger partial charge in [-0.05, 0) is 26.4 Å². The summed E-state index contributed by atoms with van der Waals surface area (Å²) in [7, 11) is 1.68. The zero-order valence-corrected chi connectivity index (χ0v) is 11.6. The highest BCUT2D eigenvalue weighted by Gasteiger charge is 2.06. The molecular formula is C13H21ClN2O. The summed E-state index contributed by atoms with van der Waals surface area (Å²) in [6.45, 7) is 7.01. The Hall–Kier alpha value is -0.800. The van der Waals surface area contributed by atoms with E-state index in [4.69, 9.17) is 16.3 Å². The van der Waals surface area contributed by atoms with E-state index >= 15 is 0 Å². The van der Waals surface area contributed by atoms with Crippen LogP contribution < -0.4 is 4.74 Å². The monoisotopic (exact) mass is 256 g/mol. The molecule has 0 amide bonds. The summed E-state index contributed by atoms with van der Waals surface area (Å²) >= 11 is 5.72. The molecule has 4 heteroatoms. The molecule has 1 aromatic rings. The summed E-state index contributed by atoms with van der Waals surface area (Å²) in [4.78, 5) is 6.86. The zero-order valence-electron chi connectivity index (χ0n) is 10.9. The van der Waals surface area contributed by atoms with Crippen LogP contribution >= 0.6 is 11.6 Å². The first-order valence-electron chi connectivity index (χ1n) is 5.99. The van der Waals surface area contributed by atoms with Crippen LogP contribution in [0.5, 0.6) is 5.75 Å². The van der Waals surface area contributed by atoms with Crippen LogP contribution in [-0.2, 0) is 6.54 Å². The molecule has 96 valence electrons. The van der Waals surface area contributed by atoms with E-state index in [1.807, 2.05) is 19.1 Å². The number of aryl methyl sites for hydroxylation is 1. The van der Waals surface area contributed by atoms with Crippen molar-refractivity contribution >= 4 is 11.6 Å². The summed E-state index contributed by atoms with van der Waals surface area (Å²) in [5.41, 5.74) is 2.05. The summed E-state index contributed by atoms with van der Waals surface area (Å²) in [5.74, 6) is 1.59. The molecule has 0 atom stereocenters. The highest BCUT2D eigenvalue weighted by Crippen LogP contribution is 2.14. The van der Waals surface area contributed by atoms with Gasteiger partial charge in [0.15, 0.2) is 0 Å². The first-order valence-corrected chi connectivity index (χ1v) is 6.53. The van der Waals surface area contributed by atoms with Gasteiger partial charge >= 0.3 is 0 Å². The van der Waals surface area contributed by atoms with Gasteiger partial charge in [0.2, 0.25) is 0 Å². The Kier molecular flexibility index (Phi) is 6.30. The first kappa shape index (κ1) is 14.3. The predicted octanol–water partition coefficient (Wildman–Crippen LogP) is 2.85. The number of hydrogen-bond donors (Lipinski definition) is 0. The van der Waals surface area contributed by atoms with Gasteiger partial charge in [-0.3, -0.25) is 9.88 Å². The maximum atomic E-state index is 5.72. The standard InChI is InChI=1S/C13H21ClN2O/c1-4-16(7-5-6-14)10-12-9-13(17-3)8-11(2)15-12/h8-9H,4-7,10H2,1-3H3. The second kappa shape index (κ2) is 7.51. The molecule has 0 fully saturated rings. The van der Waals surface area contributed by atoms with E-state index in [0.29, 0.717) is 5.88 Å². The lowest BCUT2D eigenvalue weighted by Gasteiger charge is -2.19. The molecule has 0 unspecified atom stereocenters. The fraction of sp³-hybridized carbons (Fsp3) is 0.615. The maximum Gasteiger partial charge on any atom is 0.122 e. The maximum absolute atomic E-state index is 5.72. The molecule has 1 rings (SSSR count). The molecule has 0 saturated heterocycles. The minimum absolute atomic E-state index is 0.709. The zero-order chi connectivity index (χ0) is 12.7. The molecule has 0 aliphatic rings. The topological polar surface area (TPSA) is 25.4 Å². The van der Waals surface area contributed by atoms with Crippen molar-refractivity contribution in [3.05, 3.63) is 23.5 Å². The van der Waals surface area contributed by atoms with E-state index in [1.54, 1.807) is 7.11 Å². The molecule has 3 nitrogen and oxygen atoms in total. The van der Waals surface area contributed by atoms with Crippen LogP contribution in [0.2, 0.25) is 0 Å². The molecule has 0 N–H and O–H groups in total. The van der Waals surface area contributed by atoms with Gasteiger partial charge in [-0.2, -0.15) is 0 Å². The smallest absolute Gasteiger partial charge is 0.122 e. The van der Waals surface area contributed by atoms with Crippen molar-refractivity contribution in [2.45, 2.75) is 26.8 Å². The number of ether oxygens (including phenoxy) is 1. The van der Waals surface area contributed by atoms with Crippen LogP contribution in [0.15, 0.2) is 12.1 Å². The Morgan fingerprint density at radius 2 is 2.18 bits per heavy atom. The van der Waals surface area contributed by atoms with Gasteiger partial charge in [-0.1, -0.05) is 6.92 Å². The lowest BCUT2D eigenvalue weighted by atomic mass is 10.2. The van der Waals surface area contributed by atoms with Crippen LogP contribution in [0.25, 0.3) is 0 Å². The molecule has 0 aliphatic carbocycles. The second-order valence-electron chi connectivity index (χ2n) is 4.05. The molecule has 0 aliphatic heterocycles. The van der Waals surface area contributed by atoms with E-state index in [1.165, 1.54) is 0 Å². The van der Waals surface area contributed by atoms with Crippen molar-refractivity contribution < 1.29 is 4.74 Å². The quantitative estimate of drug-likeness (QED) is 0.702. The van der Waals surface area contributed by atoms with E-state index in [-0.39, 0.29) is 0 Å². The van der Waals surface area contributed by atoms with Crippen LogP contribution in [-0.4, -0.2) is 36.0 Å². The Labute approximate surface area is 109 Å².